The topological polar surface area (TPSA) is 82.2 Å². The fourth-order valence-electron chi connectivity index (χ4n) is 2.84. The number of anilines is 1. The molecule has 0 saturated heterocycles. The molecule has 3 rings (SSSR count). The van der Waals surface area contributed by atoms with Crippen LogP contribution in [0.4, 0.5) is 5.69 Å². The first-order valence-corrected chi connectivity index (χ1v) is 7.74. The Morgan fingerprint density at radius 2 is 2.29 bits per heavy atom. The van der Waals surface area contributed by atoms with Crippen LogP contribution in [-0.4, -0.2) is 22.0 Å². The molecule has 1 atom stereocenters. The third-order valence-electron chi connectivity index (χ3n) is 3.79. The number of aromatic amines is 1. The quantitative estimate of drug-likeness (QED) is 0.814. The van der Waals surface area contributed by atoms with E-state index in [1.165, 1.54) is 4.88 Å². The Labute approximate surface area is 126 Å². The van der Waals surface area contributed by atoms with E-state index in [1.54, 1.807) is 24.3 Å². The highest BCUT2D eigenvalue weighted by atomic mass is 32.1. The summed E-state index contributed by atoms with van der Waals surface area (Å²) >= 11 is 1.68. The maximum atomic E-state index is 12.5. The summed E-state index contributed by atoms with van der Waals surface area (Å²) in [6.45, 7) is 1.76. The molecule has 0 saturated carbocycles. The average Bonchev–Trinajstić information content (AvgIpc) is 3.04. The minimum Gasteiger partial charge on any atom is -0.477 e. The van der Waals surface area contributed by atoms with Gasteiger partial charge >= 0.3 is 5.97 Å². The number of amides is 1. The van der Waals surface area contributed by atoms with Gasteiger partial charge in [-0.3, -0.25) is 4.79 Å². The van der Waals surface area contributed by atoms with Gasteiger partial charge in [-0.05, 0) is 49.3 Å². The Balaban J connectivity index is 1.84. The number of aryl methyl sites for hydroxylation is 2. The second-order valence-electron chi connectivity index (χ2n) is 5.28. The largest absolute Gasteiger partial charge is 0.477 e. The number of carbonyl (C=O) groups is 2. The van der Waals surface area contributed by atoms with Crippen molar-refractivity contribution in [3.8, 4) is 0 Å². The minimum atomic E-state index is -1.07. The Kier molecular flexibility index (Phi) is 3.55. The van der Waals surface area contributed by atoms with Crippen molar-refractivity contribution in [1.82, 2.24) is 4.98 Å². The first-order chi connectivity index (χ1) is 10.1. The summed E-state index contributed by atoms with van der Waals surface area (Å²) in [5, 5.41) is 13.9. The van der Waals surface area contributed by atoms with Gasteiger partial charge in [-0.25, -0.2) is 4.79 Å². The van der Waals surface area contributed by atoms with Crippen LogP contribution in [0.25, 0.3) is 0 Å². The molecule has 21 heavy (non-hydrogen) atoms. The van der Waals surface area contributed by atoms with Crippen molar-refractivity contribution < 1.29 is 14.7 Å². The van der Waals surface area contributed by atoms with E-state index in [1.807, 2.05) is 11.4 Å². The molecule has 110 valence electrons. The summed E-state index contributed by atoms with van der Waals surface area (Å²) in [7, 11) is 0. The molecule has 0 aromatic carbocycles. The number of aromatic nitrogens is 1. The van der Waals surface area contributed by atoms with Crippen LogP contribution in [0.2, 0.25) is 0 Å². The molecule has 0 fully saturated rings. The van der Waals surface area contributed by atoms with Crippen LogP contribution in [0.3, 0.4) is 0 Å². The number of rotatable bonds is 3. The number of hydrogen-bond acceptors (Lipinski definition) is 3. The lowest BCUT2D eigenvalue weighted by Gasteiger charge is -2.21. The summed E-state index contributed by atoms with van der Waals surface area (Å²) in [5.41, 5.74) is 2.17. The minimum absolute atomic E-state index is 0.0298. The van der Waals surface area contributed by atoms with Crippen LogP contribution < -0.4 is 5.32 Å². The summed E-state index contributed by atoms with van der Waals surface area (Å²) in [4.78, 5) is 27.7. The van der Waals surface area contributed by atoms with E-state index in [2.05, 4.69) is 10.3 Å². The predicted molar refractivity (Wildman–Crippen MR) is 81.1 cm³/mol. The Hall–Kier alpha value is -2.08. The van der Waals surface area contributed by atoms with E-state index in [0.717, 1.165) is 24.8 Å². The Bertz CT molecular complexity index is 702. The Morgan fingerprint density at radius 1 is 1.48 bits per heavy atom. The van der Waals surface area contributed by atoms with E-state index >= 15 is 0 Å². The number of carbonyl (C=O) groups excluding carboxylic acids is 1. The highest BCUT2D eigenvalue weighted by Gasteiger charge is 2.28. The van der Waals surface area contributed by atoms with Gasteiger partial charge in [0.1, 0.15) is 5.69 Å². The molecule has 0 radical (unpaired) electrons. The highest BCUT2D eigenvalue weighted by Crippen LogP contribution is 2.35. The fraction of sp³-hybridized carbons (Fsp3) is 0.333. The van der Waals surface area contributed by atoms with Crippen molar-refractivity contribution in [2.24, 2.45) is 0 Å². The normalized spacial score (nSPS) is 17.3. The molecule has 2 aromatic heterocycles. The summed E-state index contributed by atoms with van der Waals surface area (Å²) in [6, 6.07) is 3.66. The van der Waals surface area contributed by atoms with Crippen LogP contribution in [0, 0.1) is 6.92 Å². The third-order valence-corrected chi connectivity index (χ3v) is 4.79. The van der Waals surface area contributed by atoms with Crippen LogP contribution in [0.15, 0.2) is 17.5 Å². The fourth-order valence-corrected chi connectivity index (χ4v) is 3.82. The smallest absolute Gasteiger partial charge is 0.354 e. The number of thiophene rings is 1. The van der Waals surface area contributed by atoms with Crippen LogP contribution in [-0.2, 0) is 11.2 Å². The summed E-state index contributed by atoms with van der Waals surface area (Å²) in [6.07, 6.45) is 2.82. The molecule has 3 N–H and O–H groups in total. The van der Waals surface area contributed by atoms with Crippen LogP contribution >= 0.6 is 11.3 Å². The maximum Gasteiger partial charge on any atom is 0.354 e. The van der Waals surface area contributed by atoms with Gasteiger partial charge in [0.05, 0.1) is 11.6 Å². The van der Waals surface area contributed by atoms with Crippen molar-refractivity contribution >= 4 is 28.9 Å². The zero-order valence-corrected chi connectivity index (χ0v) is 12.4. The first kappa shape index (κ1) is 13.9. The first-order valence-electron chi connectivity index (χ1n) is 6.86. The molecule has 2 heterocycles. The second kappa shape index (κ2) is 5.37. The van der Waals surface area contributed by atoms with Crippen LogP contribution in [0.5, 0.6) is 0 Å². The Morgan fingerprint density at radius 3 is 3.05 bits per heavy atom. The van der Waals surface area contributed by atoms with Gasteiger partial charge in [-0.1, -0.05) is 0 Å². The lowest BCUT2D eigenvalue weighted by molar-refractivity contribution is -0.117. The van der Waals surface area contributed by atoms with Crippen molar-refractivity contribution in [3.63, 3.8) is 0 Å². The van der Waals surface area contributed by atoms with Crippen molar-refractivity contribution in [3.05, 3.63) is 39.3 Å². The summed E-state index contributed by atoms with van der Waals surface area (Å²) < 4.78 is 0. The van der Waals surface area contributed by atoms with E-state index in [4.69, 9.17) is 5.11 Å². The number of carboxylic acid groups (broad SMARTS) is 1. The predicted octanol–water partition coefficient (Wildman–Crippen LogP) is 3.14. The molecule has 1 aliphatic carbocycles. The van der Waals surface area contributed by atoms with Gasteiger partial charge < -0.3 is 15.4 Å². The van der Waals surface area contributed by atoms with Gasteiger partial charge in [0.25, 0.3) is 0 Å². The zero-order chi connectivity index (χ0) is 15.0. The number of aromatic carboxylic acids is 1. The molecule has 1 amide bonds. The molecule has 2 aromatic rings. The molecule has 1 unspecified atom stereocenters. The van der Waals surface area contributed by atoms with Gasteiger partial charge in [-0.2, -0.15) is 0 Å². The third kappa shape index (κ3) is 2.58. The SMILES string of the molecule is Cc1cc(NC(=O)C2CCCc3sccc32)c(C(=O)O)[nH]1. The number of carboxylic acids is 1. The molecule has 0 aliphatic heterocycles. The number of hydrogen-bond donors (Lipinski definition) is 3. The van der Waals surface area contributed by atoms with Gasteiger partial charge in [0.2, 0.25) is 5.91 Å². The average molecular weight is 304 g/mol. The summed E-state index contributed by atoms with van der Waals surface area (Å²) in [5.74, 6) is -1.38. The second-order valence-corrected chi connectivity index (χ2v) is 6.28. The maximum absolute atomic E-state index is 12.5. The molecular weight excluding hydrogens is 288 g/mol. The monoisotopic (exact) mass is 304 g/mol. The van der Waals surface area contributed by atoms with E-state index in [9.17, 15) is 9.59 Å². The number of fused-ring (bicyclic) bond motifs is 1. The standard InChI is InChI=1S/C15H16N2O3S/c1-8-7-11(13(16-8)15(19)20)17-14(18)10-3-2-4-12-9(10)5-6-21-12/h5-7,10,16H,2-4H2,1H3,(H,17,18)(H,19,20). The van der Waals surface area contributed by atoms with Crippen molar-refractivity contribution in [2.45, 2.75) is 32.1 Å². The van der Waals surface area contributed by atoms with Gasteiger partial charge in [0, 0.05) is 10.6 Å². The van der Waals surface area contributed by atoms with E-state index in [-0.39, 0.29) is 17.5 Å². The van der Waals surface area contributed by atoms with Gasteiger partial charge in [-0.15, -0.1) is 11.3 Å². The zero-order valence-electron chi connectivity index (χ0n) is 11.6. The molecule has 5 nitrogen and oxygen atoms in total. The van der Waals surface area contributed by atoms with E-state index < -0.39 is 5.97 Å². The lowest BCUT2D eigenvalue weighted by atomic mass is 9.87. The molecule has 0 bridgehead atoms. The lowest BCUT2D eigenvalue weighted by Crippen LogP contribution is -2.24. The molecule has 0 spiro atoms. The van der Waals surface area contributed by atoms with Crippen LogP contribution in [0.1, 0.15) is 45.4 Å². The van der Waals surface area contributed by atoms with Gasteiger partial charge in [0.15, 0.2) is 0 Å². The van der Waals surface area contributed by atoms with Crippen molar-refractivity contribution in [2.75, 3.05) is 5.32 Å². The number of nitrogens with one attached hydrogen (secondary N) is 2. The highest BCUT2D eigenvalue weighted by molar-refractivity contribution is 7.10. The molecule has 1 aliphatic rings. The molecular formula is C15H16N2O3S. The molecule has 6 heteroatoms. The van der Waals surface area contributed by atoms with Crippen molar-refractivity contribution in [1.29, 1.82) is 0 Å². The van der Waals surface area contributed by atoms with E-state index in [0.29, 0.717) is 11.4 Å². The number of H-pyrrole nitrogens is 1.